The molecule has 2 aromatic carbocycles. The molecule has 20 heavy (non-hydrogen) atoms. The maximum Gasteiger partial charge on any atom is 0.124 e. The molecule has 0 bridgehead atoms. The van der Waals surface area contributed by atoms with E-state index in [1.807, 2.05) is 6.07 Å². The fourth-order valence-electron chi connectivity index (χ4n) is 2.05. The van der Waals surface area contributed by atoms with Crippen LogP contribution in [0.25, 0.3) is 0 Å². The molecular formula is C16H16BrF2N. The maximum atomic E-state index is 13.2. The van der Waals surface area contributed by atoms with E-state index >= 15 is 0 Å². The lowest BCUT2D eigenvalue weighted by Gasteiger charge is -2.14. The summed E-state index contributed by atoms with van der Waals surface area (Å²) in [6.07, 6.45) is 0.802. The molecule has 4 heteroatoms. The van der Waals surface area contributed by atoms with Crippen molar-refractivity contribution in [1.82, 2.24) is 5.32 Å². The highest BCUT2D eigenvalue weighted by Crippen LogP contribution is 2.15. The summed E-state index contributed by atoms with van der Waals surface area (Å²) in [4.78, 5) is 0. The number of hydrogen-bond acceptors (Lipinski definition) is 1. The summed E-state index contributed by atoms with van der Waals surface area (Å²) in [5, 5.41) is 3.34. The molecular weight excluding hydrogens is 324 g/mol. The second-order valence-corrected chi connectivity index (χ2v) is 5.81. The summed E-state index contributed by atoms with van der Waals surface area (Å²) >= 11 is 3.28. The fourth-order valence-corrected chi connectivity index (χ4v) is 2.56. The van der Waals surface area contributed by atoms with Gasteiger partial charge in [-0.25, -0.2) is 8.78 Å². The highest BCUT2D eigenvalue weighted by Gasteiger charge is 2.05. The van der Waals surface area contributed by atoms with E-state index in [2.05, 4.69) is 28.2 Å². The van der Waals surface area contributed by atoms with E-state index in [9.17, 15) is 8.78 Å². The van der Waals surface area contributed by atoms with Gasteiger partial charge in [0.25, 0.3) is 0 Å². The molecule has 0 fully saturated rings. The van der Waals surface area contributed by atoms with Crippen molar-refractivity contribution in [2.45, 2.75) is 25.9 Å². The number of benzene rings is 2. The molecule has 1 N–H and O–H groups in total. The first-order valence-corrected chi connectivity index (χ1v) is 7.25. The Labute approximate surface area is 126 Å². The largest absolute Gasteiger partial charge is 0.310 e. The Bertz CT molecular complexity index is 549. The highest BCUT2D eigenvalue weighted by molar-refractivity contribution is 9.10. The summed E-state index contributed by atoms with van der Waals surface area (Å²) in [5.41, 5.74) is 1.97. The van der Waals surface area contributed by atoms with Crippen LogP contribution >= 0.6 is 15.9 Å². The van der Waals surface area contributed by atoms with Crippen molar-refractivity contribution >= 4 is 15.9 Å². The number of rotatable bonds is 5. The average Bonchev–Trinajstić information content (AvgIpc) is 2.38. The van der Waals surface area contributed by atoms with Crippen LogP contribution in [0.2, 0.25) is 0 Å². The fraction of sp³-hybridized carbons (Fsp3) is 0.250. The van der Waals surface area contributed by atoms with Gasteiger partial charge in [0.05, 0.1) is 0 Å². The third-order valence-electron chi connectivity index (χ3n) is 3.03. The Balaban J connectivity index is 1.88. The van der Waals surface area contributed by atoms with Crippen molar-refractivity contribution in [2.75, 3.05) is 0 Å². The van der Waals surface area contributed by atoms with Crippen molar-refractivity contribution < 1.29 is 8.78 Å². The predicted octanol–water partition coefficient (Wildman–Crippen LogP) is 4.45. The lowest BCUT2D eigenvalue weighted by atomic mass is 10.1. The molecule has 2 rings (SSSR count). The average molecular weight is 340 g/mol. The van der Waals surface area contributed by atoms with Crippen LogP contribution in [-0.4, -0.2) is 6.04 Å². The van der Waals surface area contributed by atoms with Crippen molar-refractivity contribution in [2.24, 2.45) is 0 Å². The van der Waals surface area contributed by atoms with Gasteiger partial charge in [-0.15, -0.1) is 0 Å². The van der Waals surface area contributed by atoms with Crippen LogP contribution in [0, 0.1) is 11.6 Å². The van der Waals surface area contributed by atoms with E-state index in [1.165, 1.54) is 24.3 Å². The van der Waals surface area contributed by atoms with Gasteiger partial charge in [-0.1, -0.05) is 28.1 Å². The molecule has 0 saturated carbocycles. The molecule has 2 aromatic rings. The maximum absolute atomic E-state index is 13.2. The van der Waals surface area contributed by atoms with Crippen LogP contribution in [0.4, 0.5) is 8.78 Å². The summed E-state index contributed by atoms with van der Waals surface area (Å²) in [5.74, 6) is -0.471. The second kappa shape index (κ2) is 6.95. The minimum Gasteiger partial charge on any atom is -0.310 e. The number of nitrogens with one attached hydrogen (secondary N) is 1. The van der Waals surface area contributed by atoms with Crippen LogP contribution in [0.1, 0.15) is 18.1 Å². The Morgan fingerprint density at radius 3 is 2.35 bits per heavy atom. The highest BCUT2D eigenvalue weighted by atomic mass is 79.9. The van der Waals surface area contributed by atoms with Gasteiger partial charge in [0.1, 0.15) is 11.6 Å². The van der Waals surface area contributed by atoms with E-state index in [4.69, 9.17) is 0 Å². The smallest absolute Gasteiger partial charge is 0.124 e. The van der Waals surface area contributed by atoms with Gasteiger partial charge in [0.2, 0.25) is 0 Å². The topological polar surface area (TPSA) is 12.0 Å². The standard InChI is InChI=1S/C16H16BrF2N/c1-11(6-12-2-4-15(18)5-3-12)20-10-13-7-14(17)9-16(19)8-13/h2-5,7-9,11,20H,6,10H2,1H3. The van der Waals surface area contributed by atoms with E-state index in [-0.39, 0.29) is 17.7 Å². The minimum absolute atomic E-state index is 0.223. The monoisotopic (exact) mass is 339 g/mol. The Morgan fingerprint density at radius 1 is 1.00 bits per heavy atom. The van der Waals surface area contributed by atoms with Crippen LogP contribution in [0.3, 0.4) is 0 Å². The Hall–Kier alpha value is -1.26. The summed E-state index contributed by atoms with van der Waals surface area (Å²) in [6.45, 7) is 2.65. The first-order valence-electron chi connectivity index (χ1n) is 6.46. The van der Waals surface area contributed by atoms with Gasteiger partial charge in [0, 0.05) is 17.1 Å². The molecule has 106 valence electrons. The molecule has 0 aliphatic rings. The molecule has 1 nitrogen and oxygen atoms in total. The first kappa shape index (κ1) is 15.1. The van der Waals surface area contributed by atoms with Crippen LogP contribution < -0.4 is 5.32 Å². The lowest BCUT2D eigenvalue weighted by molar-refractivity contribution is 0.541. The van der Waals surface area contributed by atoms with Crippen molar-refractivity contribution in [3.05, 3.63) is 69.7 Å². The van der Waals surface area contributed by atoms with Gasteiger partial charge >= 0.3 is 0 Å². The van der Waals surface area contributed by atoms with E-state index in [0.717, 1.165) is 22.0 Å². The molecule has 1 unspecified atom stereocenters. The molecule has 1 atom stereocenters. The molecule has 0 spiro atoms. The van der Waals surface area contributed by atoms with E-state index in [1.54, 1.807) is 12.1 Å². The predicted molar refractivity (Wildman–Crippen MR) is 80.5 cm³/mol. The van der Waals surface area contributed by atoms with Gasteiger partial charge in [-0.05, 0) is 54.8 Å². The third kappa shape index (κ3) is 4.69. The second-order valence-electron chi connectivity index (χ2n) is 4.89. The summed E-state index contributed by atoms with van der Waals surface area (Å²) in [7, 11) is 0. The van der Waals surface area contributed by atoms with E-state index < -0.39 is 0 Å². The molecule has 0 amide bonds. The Morgan fingerprint density at radius 2 is 1.70 bits per heavy atom. The zero-order valence-corrected chi connectivity index (χ0v) is 12.8. The lowest BCUT2D eigenvalue weighted by Crippen LogP contribution is -2.27. The van der Waals surface area contributed by atoms with Crippen molar-refractivity contribution in [3.8, 4) is 0 Å². The van der Waals surface area contributed by atoms with Gasteiger partial charge in [-0.3, -0.25) is 0 Å². The van der Waals surface area contributed by atoms with E-state index in [0.29, 0.717) is 6.54 Å². The molecule has 0 radical (unpaired) electrons. The van der Waals surface area contributed by atoms with Crippen molar-refractivity contribution in [1.29, 1.82) is 0 Å². The summed E-state index contributed by atoms with van der Waals surface area (Å²) in [6, 6.07) is 11.6. The first-order chi connectivity index (χ1) is 9.52. The zero-order chi connectivity index (χ0) is 14.5. The number of halogens is 3. The normalized spacial score (nSPS) is 12.4. The summed E-state index contributed by atoms with van der Waals surface area (Å²) < 4.78 is 26.8. The SMILES string of the molecule is CC(Cc1ccc(F)cc1)NCc1cc(F)cc(Br)c1. The van der Waals surface area contributed by atoms with Crippen LogP contribution in [-0.2, 0) is 13.0 Å². The van der Waals surface area contributed by atoms with Gasteiger partial charge < -0.3 is 5.32 Å². The zero-order valence-electron chi connectivity index (χ0n) is 11.2. The minimum atomic E-state index is -0.248. The van der Waals surface area contributed by atoms with Gasteiger partial charge in [-0.2, -0.15) is 0 Å². The van der Waals surface area contributed by atoms with Gasteiger partial charge in [0.15, 0.2) is 0 Å². The van der Waals surface area contributed by atoms with Crippen LogP contribution in [0.5, 0.6) is 0 Å². The quantitative estimate of drug-likeness (QED) is 0.848. The molecule has 0 heterocycles. The molecule has 0 aliphatic carbocycles. The Kier molecular flexibility index (Phi) is 5.26. The molecule has 0 saturated heterocycles. The van der Waals surface area contributed by atoms with Crippen LogP contribution in [0.15, 0.2) is 46.9 Å². The third-order valence-corrected chi connectivity index (χ3v) is 3.49. The molecule has 0 aliphatic heterocycles. The number of hydrogen-bond donors (Lipinski definition) is 1. The van der Waals surface area contributed by atoms with Crippen molar-refractivity contribution in [3.63, 3.8) is 0 Å². The molecule has 0 aromatic heterocycles.